The molecule has 0 saturated carbocycles. The van der Waals surface area contributed by atoms with Gasteiger partial charge in [0, 0.05) is 32.1 Å². The van der Waals surface area contributed by atoms with Gasteiger partial charge in [0.25, 0.3) is 0 Å². The molecule has 1 N–H and O–H groups in total. The Morgan fingerprint density at radius 2 is 1.64 bits per heavy atom. The van der Waals surface area contributed by atoms with Gasteiger partial charge in [-0.3, -0.25) is 9.59 Å². The van der Waals surface area contributed by atoms with Crippen LogP contribution in [0.25, 0.3) is 0 Å². The van der Waals surface area contributed by atoms with Gasteiger partial charge in [-0.1, -0.05) is 13.8 Å². The van der Waals surface area contributed by atoms with Gasteiger partial charge in [0.05, 0.1) is 6.61 Å². The average Bonchev–Trinajstić information content (AvgIpc) is 3.13. The standard InChI is InChI=1S/C18H31N3O4/c1-4-25-18(24)19-15(13(2)3)17(23)21-11-7-14(8-12-21)16(22)20-9-5-6-10-20/h13-15H,4-12H2,1-3H3,(H,19,24). The van der Waals surface area contributed by atoms with E-state index in [1.54, 1.807) is 11.8 Å². The number of carbonyl (C=O) groups excluding carboxylic acids is 3. The highest BCUT2D eigenvalue weighted by Gasteiger charge is 2.34. The summed E-state index contributed by atoms with van der Waals surface area (Å²) in [5.74, 6) is 0.156. The number of likely N-dealkylation sites (tertiary alicyclic amines) is 2. The minimum Gasteiger partial charge on any atom is -0.450 e. The predicted octanol–water partition coefficient (Wildman–Crippen LogP) is 1.62. The lowest BCUT2D eigenvalue weighted by molar-refractivity contribution is -0.141. The molecule has 0 aliphatic carbocycles. The van der Waals surface area contributed by atoms with Crippen molar-refractivity contribution in [3.05, 3.63) is 0 Å². The third kappa shape index (κ3) is 5.09. The number of hydrogen-bond acceptors (Lipinski definition) is 4. The van der Waals surface area contributed by atoms with Crippen LogP contribution >= 0.6 is 0 Å². The maximum atomic E-state index is 12.8. The van der Waals surface area contributed by atoms with Gasteiger partial charge in [-0.2, -0.15) is 0 Å². The van der Waals surface area contributed by atoms with E-state index < -0.39 is 12.1 Å². The zero-order valence-corrected chi connectivity index (χ0v) is 15.6. The molecule has 142 valence electrons. The first-order valence-corrected chi connectivity index (χ1v) is 9.44. The number of alkyl carbamates (subject to hydrolysis) is 1. The normalized spacial score (nSPS) is 19.8. The molecule has 0 aromatic rings. The summed E-state index contributed by atoms with van der Waals surface area (Å²) in [5, 5.41) is 2.67. The van der Waals surface area contributed by atoms with E-state index in [4.69, 9.17) is 4.74 Å². The fourth-order valence-corrected chi connectivity index (χ4v) is 3.55. The number of hydrogen-bond donors (Lipinski definition) is 1. The van der Waals surface area contributed by atoms with Crippen molar-refractivity contribution in [1.29, 1.82) is 0 Å². The summed E-state index contributed by atoms with van der Waals surface area (Å²) >= 11 is 0. The summed E-state index contributed by atoms with van der Waals surface area (Å²) in [6.07, 6.45) is 3.03. The third-order valence-electron chi connectivity index (χ3n) is 5.06. The summed E-state index contributed by atoms with van der Waals surface area (Å²) in [6, 6.07) is -0.593. The Hall–Kier alpha value is -1.79. The number of rotatable bonds is 5. The van der Waals surface area contributed by atoms with Crippen LogP contribution in [0.3, 0.4) is 0 Å². The lowest BCUT2D eigenvalue weighted by Crippen LogP contribution is -2.53. The lowest BCUT2D eigenvalue weighted by atomic mass is 9.94. The Bertz CT molecular complexity index is 481. The van der Waals surface area contributed by atoms with E-state index in [1.807, 2.05) is 18.7 Å². The number of nitrogens with one attached hydrogen (secondary N) is 1. The molecular weight excluding hydrogens is 322 g/mol. The van der Waals surface area contributed by atoms with E-state index in [-0.39, 0.29) is 30.3 Å². The van der Waals surface area contributed by atoms with Gasteiger partial charge in [0.1, 0.15) is 6.04 Å². The zero-order valence-electron chi connectivity index (χ0n) is 15.6. The molecule has 0 bridgehead atoms. The molecule has 7 heteroatoms. The first kappa shape index (κ1) is 19.5. The van der Waals surface area contributed by atoms with E-state index in [0.717, 1.165) is 25.9 Å². The second-order valence-corrected chi connectivity index (χ2v) is 7.22. The van der Waals surface area contributed by atoms with Crippen LogP contribution < -0.4 is 5.32 Å². The van der Waals surface area contributed by atoms with Crippen molar-refractivity contribution >= 4 is 17.9 Å². The highest BCUT2D eigenvalue weighted by atomic mass is 16.5. The van der Waals surface area contributed by atoms with Gasteiger partial charge in [-0.05, 0) is 38.5 Å². The maximum Gasteiger partial charge on any atom is 0.407 e. The van der Waals surface area contributed by atoms with Gasteiger partial charge in [-0.25, -0.2) is 4.79 Å². The summed E-state index contributed by atoms with van der Waals surface area (Å²) < 4.78 is 4.89. The van der Waals surface area contributed by atoms with Crippen LogP contribution in [0.1, 0.15) is 46.5 Å². The molecule has 0 radical (unpaired) electrons. The lowest BCUT2D eigenvalue weighted by Gasteiger charge is -2.35. The van der Waals surface area contributed by atoms with Crippen molar-refractivity contribution in [3.8, 4) is 0 Å². The molecule has 2 saturated heterocycles. The van der Waals surface area contributed by atoms with Crippen molar-refractivity contribution in [3.63, 3.8) is 0 Å². The fourth-order valence-electron chi connectivity index (χ4n) is 3.55. The summed E-state index contributed by atoms with van der Waals surface area (Å²) in [5.41, 5.74) is 0. The first-order chi connectivity index (χ1) is 11.9. The van der Waals surface area contributed by atoms with Crippen molar-refractivity contribution in [2.75, 3.05) is 32.8 Å². The molecule has 25 heavy (non-hydrogen) atoms. The van der Waals surface area contributed by atoms with Gasteiger partial charge in [0.15, 0.2) is 0 Å². The van der Waals surface area contributed by atoms with E-state index in [0.29, 0.717) is 25.9 Å². The second-order valence-electron chi connectivity index (χ2n) is 7.22. The highest BCUT2D eigenvalue weighted by molar-refractivity contribution is 5.86. The number of ether oxygens (including phenoxy) is 1. The molecule has 3 amide bonds. The maximum absolute atomic E-state index is 12.8. The van der Waals surface area contributed by atoms with Crippen LogP contribution in [0, 0.1) is 11.8 Å². The second kappa shape index (κ2) is 9.06. The predicted molar refractivity (Wildman–Crippen MR) is 93.9 cm³/mol. The van der Waals surface area contributed by atoms with Crippen LogP contribution in [0.5, 0.6) is 0 Å². The van der Waals surface area contributed by atoms with Gasteiger partial charge < -0.3 is 19.9 Å². The summed E-state index contributed by atoms with van der Waals surface area (Å²) in [4.78, 5) is 40.7. The topological polar surface area (TPSA) is 79.0 Å². The Kier molecular flexibility index (Phi) is 7.08. The fraction of sp³-hybridized carbons (Fsp3) is 0.833. The molecule has 1 atom stereocenters. The molecule has 1 unspecified atom stereocenters. The molecule has 7 nitrogen and oxygen atoms in total. The molecule has 0 spiro atoms. The molecule has 2 aliphatic rings. The summed E-state index contributed by atoms with van der Waals surface area (Å²) in [6.45, 7) is 8.68. The van der Waals surface area contributed by atoms with Crippen molar-refractivity contribution in [1.82, 2.24) is 15.1 Å². The minimum atomic E-state index is -0.593. The van der Waals surface area contributed by atoms with Crippen molar-refractivity contribution in [2.45, 2.75) is 52.5 Å². The van der Waals surface area contributed by atoms with Crippen molar-refractivity contribution in [2.24, 2.45) is 11.8 Å². The average molecular weight is 353 g/mol. The number of carbonyl (C=O) groups is 3. The number of piperidine rings is 1. The Morgan fingerprint density at radius 1 is 1.04 bits per heavy atom. The first-order valence-electron chi connectivity index (χ1n) is 9.44. The zero-order chi connectivity index (χ0) is 18.4. The van der Waals surface area contributed by atoms with E-state index in [9.17, 15) is 14.4 Å². The van der Waals surface area contributed by atoms with Crippen LogP contribution in [0.2, 0.25) is 0 Å². The molecule has 2 fully saturated rings. The van der Waals surface area contributed by atoms with E-state index >= 15 is 0 Å². The largest absolute Gasteiger partial charge is 0.450 e. The molecular formula is C18H31N3O4. The monoisotopic (exact) mass is 353 g/mol. The molecule has 0 aromatic heterocycles. The van der Waals surface area contributed by atoms with Crippen LogP contribution in [0.4, 0.5) is 4.79 Å². The van der Waals surface area contributed by atoms with Gasteiger partial charge in [0.2, 0.25) is 11.8 Å². The Balaban J connectivity index is 1.87. The number of amides is 3. The van der Waals surface area contributed by atoms with Crippen molar-refractivity contribution < 1.29 is 19.1 Å². The highest BCUT2D eigenvalue weighted by Crippen LogP contribution is 2.23. The van der Waals surface area contributed by atoms with Crippen LogP contribution in [-0.4, -0.2) is 66.5 Å². The number of nitrogens with zero attached hydrogens (tertiary/aromatic N) is 2. The van der Waals surface area contributed by atoms with Gasteiger partial charge in [-0.15, -0.1) is 0 Å². The summed E-state index contributed by atoms with van der Waals surface area (Å²) in [7, 11) is 0. The molecule has 2 heterocycles. The molecule has 2 rings (SSSR count). The van der Waals surface area contributed by atoms with Gasteiger partial charge >= 0.3 is 6.09 Å². The molecule has 0 aromatic carbocycles. The quantitative estimate of drug-likeness (QED) is 0.814. The smallest absolute Gasteiger partial charge is 0.407 e. The van der Waals surface area contributed by atoms with E-state index in [1.165, 1.54) is 0 Å². The van der Waals surface area contributed by atoms with Crippen LogP contribution in [0.15, 0.2) is 0 Å². The molecule has 2 aliphatic heterocycles. The third-order valence-corrected chi connectivity index (χ3v) is 5.06. The SMILES string of the molecule is CCOC(=O)NC(C(=O)N1CCC(C(=O)N2CCCC2)CC1)C(C)C. The Morgan fingerprint density at radius 3 is 2.16 bits per heavy atom. The Labute approximate surface area is 150 Å². The van der Waals surface area contributed by atoms with Crippen LogP contribution in [-0.2, 0) is 14.3 Å². The minimum absolute atomic E-state index is 0.0256. The van der Waals surface area contributed by atoms with E-state index in [2.05, 4.69) is 5.32 Å².